The Morgan fingerprint density at radius 2 is 2.11 bits per heavy atom. The highest BCUT2D eigenvalue weighted by Crippen LogP contribution is 2.15. The molecule has 0 spiro atoms. The van der Waals surface area contributed by atoms with Crippen molar-refractivity contribution in [2.75, 3.05) is 29.9 Å². The zero-order chi connectivity index (χ0) is 14.4. The number of hydrogen-bond donors (Lipinski definition) is 2. The SMILES string of the molecule is CCNc1nc(Cl)nc(N(CC(N)=O)CC(C)C)n1. The van der Waals surface area contributed by atoms with Crippen LogP contribution >= 0.6 is 11.6 Å². The van der Waals surface area contributed by atoms with Crippen molar-refractivity contribution in [3.8, 4) is 0 Å². The van der Waals surface area contributed by atoms with Crippen LogP contribution in [0.5, 0.6) is 0 Å². The van der Waals surface area contributed by atoms with Crippen molar-refractivity contribution >= 4 is 29.4 Å². The van der Waals surface area contributed by atoms with Crippen LogP contribution in [0.1, 0.15) is 20.8 Å². The van der Waals surface area contributed by atoms with Crippen LogP contribution in [0.4, 0.5) is 11.9 Å². The summed E-state index contributed by atoms with van der Waals surface area (Å²) in [6.45, 7) is 7.30. The summed E-state index contributed by atoms with van der Waals surface area (Å²) < 4.78 is 0. The van der Waals surface area contributed by atoms with Crippen LogP contribution in [0.2, 0.25) is 5.28 Å². The number of halogens is 1. The molecule has 19 heavy (non-hydrogen) atoms. The van der Waals surface area contributed by atoms with Gasteiger partial charge >= 0.3 is 0 Å². The van der Waals surface area contributed by atoms with E-state index in [-0.39, 0.29) is 11.8 Å². The molecular weight excluding hydrogens is 268 g/mol. The summed E-state index contributed by atoms with van der Waals surface area (Å²) in [5, 5.41) is 3.04. The standard InChI is InChI=1S/C11H19ClN6O/c1-4-14-10-15-9(12)16-11(17-10)18(5-7(2)3)6-8(13)19/h7H,4-6H2,1-3H3,(H2,13,19)(H,14,15,16,17). The van der Waals surface area contributed by atoms with Crippen LogP contribution in [0, 0.1) is 5.92 Å². The van der Waals surface area contributed by atoms with E-state index in [9.17, 15) is 4.79 Å². The normalized spacial score (nSPS) is 10.6. The van der Waals surface area contributed by atoms with Gasteiger partial charge in [-0.05, 0) is 24.4 Å². The van der Waals surface area contributed by atoms with E-state index in [1.807, 2.05) is 20.8 Å². The number of primary amides is 1. The number of nitrogens with two attached hydrogens (primary N) is 1. The molecular formula is C11H19ClN6O. The van der Waals surface area contributed by atoms with Crippen LogP contribution in [-0.2, 0) is 4.79 Å². The molecule has 0 unspecified atom stereocenters. The number of amides is 1. The Morgan fingerprint density at radius 1 is 1.42 bits per heavy atom. The maximum Gasteiger partial charge on any atom is 0.237 e. The fourth-order valence-corrected chi connectivity index (χ4v) is 1.72. The van der Waals surface area contributed by atoms with E-state index >= 15 is 0 Å². The first-order valence-electron chi connectivity index (χ1n) is 6.11. The molecule has 0 radical (unpaired) electrons. The number of rotatable bonds is 7. The van der Waals surface area contributed by atoms with Crippen molar-refractivity contribution < 1.29 is 4.79 Å². The molecule has 1 aromatic heterocycles. The van der Waals surface area contributed by atoms with Gasteiger partial charge in [-0.15, -0.1) is 0 Å². The Hall–Kier alpha value is -1.63. The first-order chi connectivity index (χ1) is 8.92. The molecule has 106 valence electrons. The lowest BCUT2D eigenvalue weighted by atomic mass is 10.2. The Labute approximate surface area is 117 Å². The fraction of sp³-hybridized carbons (Fsp3) is 0.636. The highest BCUT2D eigenvalue weighted by Gasteiger charge is 2.16. The molecule has 3 N–H and O–H groups in total. The Kier molecular flexibility index (Phi) is 5.75. The number of nitrogens with zero attached hydrogens (tertiary/aromatic N) is 4. The van der Waals surface area contributed by atoms with Gasteiger partial charge in [0.1, 0.15) is 0 Å². The summed E-state index contributed by atoms with van der Waals surface area (Å²) in [6.07, 6.45) is 0. The van der Waals surface area contributed by atoms with Gasteiger partial charge in [0.05, 0.1) is 6.54 Å². The van der Waals surface area contributed by atoms with E-state index in [0.717, 1.165) is 0 Å². The van der Waals surface area contributed by atoms with Gasteiger partial charge in [0.15, 0.2) is 0 Å². The molecule has 0 atom stereocenters. The molecule has 0 fully saturated rings. The zero-order valence-electron chi connectivity index (χ0n) is 11.4. The third-order valence-corrected chi connectivity index (χ3v) is 2.32. The molecule has 1 heterocycles. The number of hydrogen-bond acceptors (Lipinski definition) is 6. The molecule has 0 saturated heterocycles. The number of carbonyl (C=O) groups is 1. The number of aromatic nitrogens is 3. The molecule has 0 aliphatic carbocycles. The van der Waals surface area contributed by atoms with Crippen molar-refractivity contribution in [1.82, 2.24) is 15.0 Å². The molecule has 0 saturated carbocycles. The minimum atomic E-state index is -0.442. The first kappa shape index (κ1) is 15.4. The molecule has 7 nitrogen and oxygen atoms in total. The van der Waals surface area contributed by atoms with E-state index in [1.165, 1.54) is 0 Å². The van der Waals surface area contributed by atoms with Crippen LogP contribution < -0.4 is 16.0 Å². The second-order valence-corrected chi connectivity index (χ2v) is 4.84. The predicted molar refractivity (Wildman–Crippen MR) is 75.2 cm³/mol. The first-order valence-corrected chi connectivity index (χ1v) is 6.48. The van der Waals surface area contributed by atoms with Gasteiger partial charge in [0, 0.05) is 13.1 Å². The van der Waals surface area contributed by atoms with Crippen LogP contribution in [-0.4, -0.2) is 40.5 Å². The summed E-state index contributed by atoms with van der Waals surface area (Å²) in [6, 6.07) is 0. The molecule has 1 rings (SSSR count). The minimum absolute atomic E-state index is 0.0457. The van der Waals surface area contributed by atoms with E-state index in [4.69, 9.17) is 17.3 Å². The van der Waals surface area contributed by atoms with E-state index in [2.05, 4.69) is 20.3 Å². The quantitative estimate of drug-likeness (QED) is 0.773. The predicted octanol–water partition coefficient (Wildman–Crippen LogP) is 0.904. The summed E-state index contributed by atoms with van der Waals surface area (Å²) in [4.78, 5) is 25.0. The van der Waals surface area contributed by atoms with Gasteiger partial charge in [0.2, 0.25) is 23.1 Å². The van der Waals surface area contributed by atoms with Gasteiger partial charge in [-0.25, -0.2) is 0 Å². The van der Waals surface area contributed by atoms with E-state index in [1.54, 1.807) is 4.90 Å². The van der Waals surface area contributed by atoms with Gasteiger partial charge < -0.3 is 16.0 Å². The summed E-state index contributed by atoms with van der Waals surface area (Å²) in [7, 11) is 0. The highest BCUT2D eigenvalue weighted by molar-refractivity contribution is 6.28. The Balaban J connectivity index is 3.02. The van der Waals surface area contributed by atoms with Crippen LogP contribution in [0.15, 0.2) is 0 Å². The molecule has 0 bridgehead atoms. The highest BCUT2D eigenvalue weighted by atomic mass is 35.5. The summed E-state index contributed by atoms with van der Waals surface area (Å²) in [5.74, 6) is 0.624. The third-order valence-electron chi connectivity index (χ3n) is 2.15. The lowest BCUT2D eigenvalue weighted by Crippen LogP contribution is -2.37. The number of nitrogens with one attached hydrogen (secondary N) is 1. The van der Waals surface area contributed by atoms with Gasteiger partial charge in [-0.3, -0.25) is 4.79 Å². The van der Waals surface area contributed by atoms with Crippen LogP contribution in [0.25, 0.3) is 0 Å². The summed E-state index contributed by atoms with van der Waals surface area (Å²) in [5.41, 5.74) is 5.24. The third kappa shape index (κ3) is 5.25. The van der Waals surface area contributed by atoms with Crippen LogP contribution in [0.3, 0.4) is 0 Å². The second-order valence-electron chi connectivity index (χ2n) is 4.50. The lowest BCUT2D eigenvalue weighted by Gasteiger charge is -2.23. The van der Waals surface area contributed by atoms with Crippen molar-refractivity contribution in [2.24, 2.45) is 11.7 Å². The average Bonchev–Trinajstić information content (AvgIpc) is 2.26. The lowest BCUT2D eigenvalue weighted by molar-refractivity contribution is -0.116. The van der Waals surface area contributed by atoms with Crippen molar-refractivity contribution in [2.45, 2.75) is 20.8 Å². The topological polar surface area (TPSA) is 97.0 Å². The Morgan fingerprint density at radius 3 is 2.63 bits per heavy atom. The molecule has 1 aromatic rings. The minimum Gasteiger partial charge on any atom is -0.368 e. The fourth-order valence-electron chi connectivity index (χ4n) is 1.56. The maximum absolute atomic E-state index is 11.1. The smallest absolute Gasteiger partial charge is 0.237 e. The molecule has 0 aromatic carbocycles. The number of anilines is 2. The Bertz CT molecular complexity index is 439. The van der Waals surface area contributed by atoms with Gasteiger partial charge in [-0.1, -0.05) is 13.8 Å². The van der Waals surface area contributed by atoms with Crippen molar-refractivity contribution in [3.63, 3.8) is 0 Å². The maximum atomic E-state index is 11.1. The summed E-state index contributed by atoms with van der Waals surface area (Å²) >= 11 is 5.86. The van der Waals surface area contributed by atoms with E-state index < -0.39 is 5.91 Å². The molecule has 0 aliphatic rings. The monoisotopic (exact) mass is 286 g/mol. The molecule has 0 aliphatic heterocycles. The van der Waals surface area contributed by atoms with E-state index in [0.29, 0.717) is 30.9 Å². The largest absolute Gasteiger partial charge is 0.368 e. The van der Waals surface area contributed by atoms with Crippen molar-refractivity contribution in [3.05, 3.63) is 5.28 Å². The zero-order valence-corrected chi connectivity index (χ0v) is 12.1. The second kappa shape index (κ2) is 7.08. The molecule has 8 heteroatoms. The average molecular weight is 287 g/mol. The number of carbonyl (C=O) groups excluding carboxylic acids is 1. The van der Waals surface area contributed by atoms with Gasteiger partial charge in [-0.2, -0.15) is 15.0 Å². The van der Waals surface area contributed by atoms with Crippen molar-refractivity contribution in [1.29, 1.82) is 0 Å². The molecule has 1 amide bonds. The van der Waals surface area contributed by atoms with Gasteiger partial charge in [0.25, 0.3) is 0 Å².